The molecule has 160 valence electrons. The third-order valence-corrected chi connectivity index (χ3v) is 5.37. The van der Waals surface area contributed by atoms with E-state index in [0.717, 1.165) is 12.8 Å². The lowest BCUT2D eigenvalue weighted by molar-refractivity contribution is -0.179. The molecule has 4 fully saturated rings. The lowest BCUT2D eigenvalue weighted by atomic mass is 9.67. The number of alkyl halides is 3. The van der Waals surface area contributed by atoms with E-state index in [1.165, 1.54) is 0 Å². The normalized spacial score (nSPS) is 30.2. The van der Waals surface area contributed by atoms with E-state index in [2.05, 4.69) is 16.1 Å². The second-order valence-corrected chi connectivity index (χ2v) is 7.41. The highest BCUT2D eigenvalue weighted by molar-refractivity contribution is 5.90. The van der Waals surface area contributed by atoms with E-state index in [1.807, 2.05) is 0 Å². The number of carbonyl (C=O) groups is 4. The van der Waals surface area contributed by atoms with Crippen LogP contribution in [-0.2, 0) is 38.1 Å². The van der Waals surface area contributed by atoms with Crippen LogP contribution in [-0.4, -0.2) is 55.5 Å². The zero-order valence-electron chi connectivity index (χ0n) is 15.2. The Morgan fingerprint density at radius 2 is 1.72 bits per heavy atom. The fraction of sp³-hybridized carbons (Fsp3) is 0.667. The number of halogens is 3. The van der Waals surface area contributed by atoms with Gasteiger partial charge in [-0.25, -0.2) is 14.4 Å². The summed E-state index contributed by atoms with van der Waals surface area (Å²) in [6, 6.07) is 0. The van der Waals surface area contributed by atoms with Gasteiger partial charge in [0.05, 0.1) is 5.92 Å². The van der Waals surface area contributed by atoms with Crippen LogP contribution in [0.3, 0.4) is 0 Å². The molecule has 0 aromatic heterocycles. The fourth-order valence-electron chi connectivity index (χ4n) is 4.13. The molecular formula is C18H19F3O8. The molecule has 0 N–H and O–H groups in total. The van der Waals surface area contributed by atoms with Gasteiger partial charge in [0.15, 0.2) is 13.2 Å². The van der Waals surface area contributed by atoms with Crippen LogP contribution in [0.2, 0.25) is 0 Å². The molecule has 11 heteroatoms. The van der Waals surface area contributed by atoms with Gasteiger partial charge >= 0.3 is 30.1 Å². The average Bonchev–Trinajstić information content (AvgIpc) is 2.80. The van der Waals surface area contributed by atoms with Crippen molar-refractivity contribution in [2.75, 3.05) is 13.2 Å². The predicted octanol–water partition coefficient (Wildman–Crippen LogP) is 1.46. The summed E-state index contributed by atoms with van der Waals surface area (Å²) in [7, 11) is 0. The van der Waals surface area contributed by atoms with Crippen LogP contribution in [0, 0.1) is 17.8 Å². The van der Waals surface area contributed by atoms with Gasteiger partial charge in [-0.2, -0.15) is 13.2 Å². The smallest absolute Gasteiger partial charge is 0.422 e. The Bertz CT molecular complexity index is 731. The van der Waals surface area contributed by atoms with E-state index in [1.54, 1.807) is 0 Å². The van der Waals surface area contributed by atoms with Gasteiger partial charge < -0.3 is 18.9 Å². The maximum absolute atomic E-state index is 12.3. The molecule has 0 radical (unpaired) electrons. The first-order valence-electron chi connectivity index (χ1n) is 9.03. The van der Waals surface area contributed by atoms with Crippen molar-refractivity contribution < 1.29 is 51.3 Å². The molecule has 2 aliphatic carbocycles. The van der Waals surface area contributed by atoms with Gasteiger partial charge in [0.25, 0.3) is 0 Å². The Balaban J connectivity index is 1.43. The summed E-state index contributed by atoms with van der Waals surface area (Å²) in [6.07, 6.45) is -3.36. The number of esters is 4. The predicted molar refractivity (Wildman–Crippen MR) is 85.8 cm³/mol. The van der Waals surface area contributed by atoms with E-state index >= 15 is 0 Å². The fourth-order valence-corrected chi connectivity index (χ4v) is 4.13. The highest BCUT2D eigenvalue weighted by Gasteiger charge is 2.51. The SMILES string of the molecule is C=C(C(=O)OCC(=O)OCC(=O)OC1C2CC3CC(C2)C(=O)OC1C3)C(F)(F)F. The van der Waals surface area contributed by atoms with E-state index in [4.69, 9.17) is 9.47 Å². The average molecular weight is 420 g/mol. The lowest BCUT2D eigenvalue weighted by Gasteiger charge is -2.41. The van der Waals surface area contributed by atoms with Gasteiger partial charge in [0.2, 0.25) is 0 Å². The molecule has 5 unspecified atom stereocenters. The molecule has 0 spiro atoms. The summed E-state index contributed by atoms with van der Waals surface area (Å²) in [5.74, 6) is -4.07. The topological polar surface area (TPSA) is 105 Å². The van der Waals surface area contributed by atoms with Gasteiger partial charge in [-0.1, -0.05) is 6.58 Å². The molecule has 5 atom stereocenters. The summed E-state index contributed by atoms with van der Waals surface area (Å²) in [5, 5.41) is 0. The number of hydrogen-bond acceptors (Lipinski definition) is 8. The minimum absolute atomic E-state index is 0.0158. The number of carbonyl (C=O) groups excluding carboxylic acids is 4. The van der Waals surface area contributed by atoms with Gasteiger partial charge in [-0.05, 0) is 31.6 Å². The minimum atomic E-state index is -4.98. The van der Waals surface area contributed by atoms with Gasteiger partial charge in [0, 0.05) is 5.92 Å². The molecule has 2 aliphatic heterocycles. The van der Waals surface area contributed by atoms with Crippen molar-refractivity contribution in [3.63, 3.8) is 0 Å². The van der Waals surface area contributed by atoms with Crippen LogP contribution in [0.4, 0.5) is 13.2 Å². The van der Waals surface area contributed by atoms with Crippen LogP contribution in [0.5, 0.6) is 0 Å². The zero-order valence-corrected chi connectivity index (χ0v) is 15.2. The Labute approximate surface area is 163 Å². The van der Waals surface area contributed by atoms with Gasteiger partial charge in [-0.3, -0.25) is 4.79 Å². The second-order valence-electron chi connectivity index (χ2n) is 7.41. The molecule has 2 heterocycles. The molecular weight excluding hydrogens is 401 g/mol. The molecule has 4 rings (SSSR count). The maximum Gasteiger partial charge on any atom is 0.422 e. The zero-order chi connectivity index (χ0) is 21.3. The van der Waals surface area contributed by atoms with Crippen molar-refractivity contribution in [1.29, 1.82) is 0 Å². The van der Waals surface area contributed by atoms with E-state index < -0.39 is 55.1 Å². The summed E-state index contributed by atoms with van der Waals surface area (Å²) in [4.78, 5) is 46.6. The molecule has 2 saturated carbocycles. The van der Waals surface area contributed by atoms with Gasteiger partial charge in [-0.15, -0.1) is 0 Å². The number of ether oxygens (including phenoxy) is 4. The molecule has 29 heavy (non-hydrogen) atoms. The summed E-state index contributed by atoms with van der Waals surface area (Å²) in [5.41, 5.74) is -1.77. The van der Waals surface area contributed by atoms with Crippen molar-refractivity contribution in [2.24, 2.45) is 17.8 Å². The molecule has 2 saturated heterocycles. The minimum Gasteiger partial charge on any atom is -0.458 e. The number of fused-ring (bicyclic) bond motifs is 1. The third-order valence-electron chi connectivity index (χ3n) is 5.37. The number of rotatable bonds is 6. The van der Waals surface area contributed by atoms with Crippen molar-refractivity contribution in [3.05, 3.63) is 12.2 Å². The third kappa shape index (κ3) is 4.88. The lowest BCUT2D eigenvalue weighted by Crippen LogP contribution is -2.45. The maximum atomic E-state index is 12.3. The first kappa shape index (κ1) is 21.1. The van der Waals surface area contributed by atoms with Crippen LogP contribution >= 0.6 is 0 Å². The molecule has 4 bridgehead atoms. The standard InChI is InChI=1S/C18H19F3O8/c1-8(18(19,20)21)16(24)27-6-13(22)26-7-14(23)29-15-10-2-9-3-11(5-10)17(25)28-12(15)4-9/h9-12,15H,1-7H2. The molecule has 4 aliphatic rings. The van der Waals surface area contributed by atoms with Crippen LogP contribution in [0.1, 0.15) is 25.7 Å². The molecule has 0 amide bonds. The Morgan fingerprint density at radius 3 is 2.41 bits per heavy atom. The van der Waals surface area contributed by atoms with Crippen molar-refractivity contribution in [3.8, 4) is 0 Å². The van der Waals surface area contributed by atoms with E-state index in [9.17, 15) is 32.3 Å². The Kier molecular flexibility index (Phi) is 5.85. The molecule has 8 nitrogen and oxygen atoms in total. The van der Waals surface area contributed by atoms with Crippen LogP contribution in [0.25, 0.3) is 0 Å². The van der Waals surface area contributed by atoms with E-state index in [-0.39, 0.29) is 17.8 Å². The molecule has 0 aromatic rings. The Morgan fingerprint density at radius 1 is 1.03 bits per heavy atom. The summed E-state index contributed by atoms with van der Waals surface area (Å²) < 4.78 is 56.3. The first-order chi connectivity index (χ1) is 13.5. The van der Waals surface area contributed by atoms with Crippen LogP contribution in [0.15, 0.2) is 12.2 Å². The van der Waals surface area contributed by atoms with Crippen LogP contribution < -0.4 is 0 Å². The quantitative estimate of drug-likeness (QED) is 0.361. The second kappa shape index (κ2) is 8.03. The number of hydrogen-bond donors (Lipinski definition) is 0. The summed E-state index contributed by atoms with van der Waals surface area (Å²) >= 11 is 0. The Hall–Kier alpha value is -2.59. The molecule has 0 aromatic carbocycles. The largest absolute Gasteiger partial charge is 0.458 e. The van der Waals surface area contributed by atoms with Crippen molar-refractivity contribution >= 4 is 23.9 Å². The highest BCUT2D eigenvalue weighted by Crippen LogP contribution is 2.48. The first-order valence-corrected chi connectivity index (χ1v) is 9.03. The van der Waals surface area contributed by atoms with E-state index in [0.29, 0.717) is 18.8 Å². The highest BCUT2D eigenvalue weighted by atomic mass is 19.4. The van der Waals surface area contributed by atoms with Crippen molar-refractivity contribution in [2.45, 2.75) is 44.1 Å². The monoisotopic (exact) mass is 420 g/mol. The van der Waals surface area contributed by atoms with Crippen molar-refractivity contribution in [1.82, 2.24) is 0 Å². The van der Waals surface area contributed by atoms with Gasteiger partial charge in [0.1, 0.15) is 17.8 Å². The summed E-state index contributed by atoms with van der Waals surface area (Å²) in [6.45, 7) is 0.604.